The summed E-state index contributed by atoms with van der Waals surface area (Å²) in [6.07, 6.45) is 5.44. The molecule has 2 fully saturated rings. The molecule has 0 aromatic carbocycles. The van der Waals surface area contributed by atoms with Gasteiger partial charge in [-0.2, -0.15) is 0 Å². The molecule has 0 radical (unpaired) electrons. The van der Waals surface area contributed by atoms with Crippen LogP contribution in [-0.4, -0.2) is 60.7 Å². The predicted octanol–water partition coefficient (Wildman–Crippen LogP) is 0.622. The second-order valence-electron chi connectivity index (χ2n) is 5.59. The minimum Gasteiger partial charge on any atom is -0.396 e. The molecular formula is C13H25NO3. The third-order valence-electron chi connectivity index (χ3n) is 4.25. The van der Waals surface area contributed by atoms with Crippen molar-refractivity contribution in [3.8, 4) is 0 Å². The number of hydrogen-bond donors (Lipinski definition) is 2. The predicted molar refractivity (Wildman–Crippen MR) is 65.9 cm³/mol. The molecule has 100 valence electrons. The molecule has 0 aromatic heterocycles. The van der Waals surface area contributed by atoms with Crippen molar-refractivity contribution in [1.82, 2.24) is 4.90 Å². The van der Waals surface area contributed by atoms with Gasteiger partial charge in [0.1, 0.15) is 0 Å². The summed E-state index contributed by atoms with van der Waals surface area (Å²) in [4.78, 5) is 2.50. The number of aliphatic hydroxyl groups is 2. The number of nitrogens with zero attached hydrogens (tertiary/aromatic N) is 1. The largest absolute Gasteiger partial charge is 0.396 e. The van der Waals surface area contributed by atoms with Crippen molar-refractivity contribution in [2.24, 2.45) is 5.41 Å². The monoisotopic (exact) mass is 243 g/mol. The van der Waals surface area contributed by atoms with Gasteiger partial charge in [0.2, 0.25) is 0 Å². The Balaban J connectivity index is 1.87. The van der Waals surface area contributed by atoms with E-state index in [1.54, 1.807) is 0 Å². The summed E-state index contributed by atoms with van der Waals surface area (Å²) in [7, 11) is 0. The molecule has 2 N–H and O–H groups in total. The molecule has 0 aliphatic carbocycles. The van der Waals surface area contributed by atoms with Crippen LogP contribution in [0.3, 0.4) is 0 Å². The first-order valence-electron chi connectivity index (χ1n) is 6.83. The van der Waals surface area contributed by atoms with Crippen LogP contribution in [-0.2, 0) is 4.74 Å². The summed E-state index contributed by atoms with van der Waals surface area (Å²) in [5.74, 6) is 0. The zero-order valence-electron chi connectivity index (χ0n) is 10.6. The van der Waals surface area contributed by atoms with Crippen molar-refractivity contribution in [3.05, 3.63) is 0 Å². The molecule has 2 aliphatic rings. The highest BCUT2D eigenvalue weighted by atomic mass is 16.5. The quantitative estimate of drug-likeness (QED) is 0.718. The molecule has 0 amide bonds. The lowest BCUT2D eigenvalue weighted by atomic mass is 9.87. The minimum absolute atomic E-state index is 0.0260. The van der Waals surface area contributed by atoms with E-state index in [1.807, 2.05) is 0 Å². The summed E-state index contributed by atoms with van der Waals surface area (Å²) < 4.78 is 5.45. The number of ether oxygens (including phenoxy) is 1. The molecule has 0 saturated carbocycles. The fourth-order valence-corrected chi connectivity index (χ4v) is 3.14. The second kappa shape index (κ2) is 6.14. The van der Waals surface area contributed by atoms with Gasteiger partial charge in [-0.1, -0.05) is 0 Å². The molecule has 4 nitrogen and oxygen atoms in total. The second-order valence-corrected chi connectivity index (χ2v) is 5.59. The molecule has 0 aromatic rings. The molecule has 2 unspecified atom stereocenters. The average Bonchev–Trinajstić information content (AvgIpc) is 2.97. The van der Waals surface area contributed by atoms with Crippen molar-refractivity contribution in [2.45, 2.75) is 38.1 Å². The van der Waals surface area contributed by atoms with Crippen LogP contribution < -0.4 is 0 Å². The fourth-order valence-electron chi connectivity index (χ4n) is 3.14. The molecular weight excluding hydrogens is 218 g/mol. The van der Waals surface area contributed by atoms with E-state index in [0.717, 1.165) is 39.0 Å². The lowest BCUT2D eigenvalue weighted by Gasteiger charge is -2.34. The van der Waals surface area contributed by atoms with Crippen molar-refractivity contribution in [1.29, 1.82) is 0 Å². The molecule has 2 atom stereocenters. The number of aliphatic hydroxyl groups excluding tert-OH is 2. The minimum atomic E-state index is -0.0260. The fraction of sp³-hybridized carbons (Fsp3) is 1.00. The SMILES string of the molecule is OCCCC1CCCN1CC1(CO)CCOC1. The van der Waals surface area contributed by atoms with Crippen LogP contribution >= 0.6 is 0 Å². The van der Waals surface area contributed by atoms with E-state index in [9.17, 15) is 5.11 Å². The van der Waals surface area contributed by atoms with Crippen LogP contribution in [0.5, 0.6) is 0 Å². The maximum Gasteiger partial charge on any atom is 0.0557 e. The normalized spacial score (nSPS) is 34.6. The number of rotatable bonds is 6. The third-order valence-corrected chi connectivity index (χ3v) is 4.25. The van der Waals surface area contributed by atoms with E-state index in [1.165, 1.54) is 12.8 Å². The molecule has 4 heteroatoms. The van der Waals surface area contributed by atoms with E-state index in [0.29, 0.717) is 19.3 Å². The Morgan fingerprint density at radius 1 is 1.35 bits per heavy atom. The van der Waals surface area contributed by atoms with Crippen LogP contribution in [0.1, 0.15) is 32.1 Å². The van der Waals surface area contributed by atoms with E-state index in [2.05, 4.69) is 4.90 Å². The zero-order chi connectivity index (χ0) is 12.1. The summed E-state index contributed by atoms with van der Waals surface area (Å²) in [6, 6.07) is 0.603. The zero-order valence-corrected chi connectivity index (χ0v) is 10.6. The lowest BCUT2D eigenvalue weighted by Crippen LogP contribution is -2.43. The van der Waals surface area contributed by atoms with Crippen molar-refractivity contribution >= 4 is 0 Å². The number of hydrogen-bond acceptors (Lipinski definition) is 4. The molecule has 0 bridgehead atoms. The van der Waals surface area contributed by atoms with E-state index in [4.69, 9.17) is 9.84 Å². The highest BCUT2D eigenvalue weighted by Gasteiger charge is 2.38. The van der Waals surface area contributed by atoms with Crippen LogP contribution in [0, 0.1) is 5.41 Å². The van der Waals surface area contributed by atoms with Gasteiger partial charge in [-0.3, -0.25) is 4.90 Å². The van der Waals surface area contributed by atoms with Gasteiger partial charge in [0.05, 0.1) is 13.2 Å². The Morgan fingerprint density at radius 3 is 2.88 bits per heavy atom. The molecule has 2 saturated heterocycles. The number of likely N-dealkylation sites (tertiary alicyclic amines) is 1. The van der Waals surface area contributed by atoms with Gasteiger partial charge >= 0.3 is 0 Å². The molecule has 2 rings (SSSR count). The average molecular weight is 243 g/mol. The first-order chi connectivity index (χ1) is 8.29. The maximum atomic E-state index is 9.59. The molecule has 0 spiro atoms. The van der Waals surface area contributed by atoms with Gasteiger partial charge < -0.3 is 14.9 Å². The smallest absolute Gasteiger partial charge is 0.0557 e. The molecule has 2 heterocycles. The Hall–Kier alpha value is -0.160. The first-order valence-corrected chi connectivity index (χ1v) is 6.83. The van der Waals surface area contributed by atoms with Crippen LogP contribution in [0.25, 0.3) is 0 Å². The standard InChI is InChI=1S/C13H25NO3/c15-7-2-4-12-3-1-6-14(12)9-13(10-16)5-8-17-11-13/h12,15-16H,1-11H2. The Labute approximate surface area is 104 Å². The first kappa shape index (κ1) is 13.3. The van der Waals surface area contributed by atoms with Crippen LogP contribution in [0.4, 0.5) is 0 Å². The highest BCUT2D eigenvalue weighted by Crippen LogP contribution is 2.32. The Bertz CT molecular complexity index is 229. The topological polar surface area (TPSA) is 52.9 Å². The maximum absolute atomic E-state index is 9.59. The van der Waals surface area contributed by atoms with Gasteiger partial charge in [0, 0.05) is 31.2 Å². The third kappa shape index (κ3) is 3.19. The highest BCUT2D eigenvalue weighted by molar-refractivity contribution is 4.90. The lowest BCUT2D eigenvalue weighted by molar-refractivity contribution is 0.0505. The Morgan fingerprint density at radius 2 is 2.24 bits per heavy atom. The van der Waals surface area contributed by atoms with E-state index in [-0.39, 0.29) is 12.0 Å². The Kier molecular flexibility index (Phi) is 4.79. The van der Waals surface area contributed by atoms with Crippen molar-refractivity contribution < 1.29 is 14.9 Å². The van der Waals surface area contributed by atoms with Gasteiger partial charge in [-0.05, 0) is 38.6 Å². The van der Waals surface area contributed by atoms with Crippen LogP contribution in [0.2, 0.25) is 0 Å². The van der Waals surface area contributed by atoms with E-state index < -0.39 is 0 Å². The summed E-state index contributed by atoms with van der Waals surface area (Å²) in [5.41, 5.74) is -0.0260. The van der Waals surface area contributed by atoms with Crippen molar-refractivity contribution in [3.63, 3.8) is 0 Å². The van der Waals surface area contributed by atoms with Gasteiger partial charge in [-0.15, -0.1) is 0 Å². The molecule has 17 heavy (non-hydrogen) atoms. The summed E-state index contributed by atoms with van der Waals surface area (Å²) in [5, 5.41) is 18.5. The van der Waals surface area contributed by atoms with Gasteiger partial charge in [-0.25, -0.2) is 0 Å². The van der Waals surface area contributed by atoms with Gasteiger partial charge in [0.15, 0.2) is 0 Å². The van der Waals surface area contributed by atoms with Crippen LogP contribution in [0.15, 0.2) is 0 Å². The van der Waals surface area contributed by atoms with Gasteiger partial charge in [0.25, 0.3) is 0 Å². The van der Waals surface area contributed by atoms with Crippen molar-refractivity contribution in [2.75, 3.05) is 39.5 Å². The summed E-state index contributed by atoms with van der Waals surface area (Å²) >= 11 is 0. The summed E-state index contributed by atoms with van der Waals surface area (Å²) in [6.45, 7) is 4.11. The van der Waals surface area contributed by atoms with E-state index >= 15 is 0 Å². The molecule has 2 aliphatic heterocycles.